The summed E-state index contributed by atoms with van der Waals surface area (Å²) in [5.41, 5.74) is 1.11. The summed E-state index contributed by atoms with van der Waals surface area (Å²) in [6.45, 7) is 14.2. The third-order valence-corrected chi connectivity index (χ3v) is 3.74. The molecule has 0 aliphatic carbocycles. The maximum Gasteiger partial charge on any atom is -0.0354 e. The van der Waals surface area contributed by atoms with Crippen LogP contribution in [-0.4, -0.2) is 0 Å². The lowest BCUT2D eigenvalue weighted by atomic mass is 9.82. The largest absolute Gasteiger partial charge is 0.0776 e. The van der Waals surface area contributed by atoms with Crippen LogP contribution in [0.3, 0.4) is 0 Å². The van der Waals surface area contributed by atoms with Gasteiger partial charge < -0.3 is 0 Å². The van der Waals surface area contributed by atoms with Gasteiger partial charge in [-0.15, -0.1) is 0 Å². The lowest BCUT2D eigenvalue weighted by Crippen LogP contribution is -2.10. The highest BCUT2D eigenvalue weighted by atomic mass is 14.2. The molecule has 0 heteroatoms. The molecule has 0 saturated heterocycles. The fourth-order valence-corrected chi connectivity index (χ4v) is 2.39. The molecule has 0 aliphatic heterocycles. The molecule has 0 amide bonds. The van der Waals surface area contributed by atoms with Crippen LogP contribution in [0.5, 0.6) is 0 Å². The first-order valence-electron chi connectivity index (χ1n) is 7.77. The molecule has 0 nitrogen and oxygen atoms in total. The van der Waals surface area contributed by atoms with Gasteiger partial charge in [0.15, 0.2) is 0 Å². The van der Waals surface area contributed by atoms with Gasteiger partial charge in [-0.1, -0.05) is 87.5 Å². The maximum absolute atomic E-state index is 2.44. The molecule has 0 rings (SSSR count). The van der Waals surface area contributed by atoms with Crippen molar-refractivity contribution in [3.8, 4) is 0 Å². The number of hydrogen-bond acceptors (Lipinski definition) is 0. The molecule has 0 aromatic heterocycles. The van der Waals surface area contributed by atoms with Crippen molar-refractivity contribution in [2.75, 3.05) is 0 Å². The number of unbranched alkanes of at least 4 members (excludes halogenated alkanes) is 4. The van der Waals surface area contributed by atoms with E-state index in [0.29, 0.717) is 10.8 Å². The van der Waals surface area contributed by atoms with Crippen LogP contribution < -0.4 is 0 Å². The van der Waals surface area contributed by atoms with Crippen LogP contribution in [0.15, 0.2) is 0 Å². The zero-order valence-electron chi connectivity index (χ0n) is 13.4. The van der Waals surface area contributed by atoms with E-state index in [1.165, 1.54) is 57.8 Å². The molecule has 0 heterocycles. The van der Waals surface area contributed by atoms with Crippen molar-refractivity contribution in [2.45, 2.75) is 107 Å². The summed E-state index contributed by atoms with van der Waals surface area (Å²) in [4.78, 5) is 0. The Hall–Kier alpha value is 0. The molecule has 0 bridgehead atoms. The van der Waals surface area contributed by atoms with Crippen molar-refractivity contribution in [2.24, 2.45) is 10.8 Å². The Bertz CT molecular complexity index is 171. The highest BCUT2D eigenvalue weighted by Gasteiger charge is 2.16. The second-order valence-electron chi connectivity index (χ2n) is 7.74. The topological polar surface area (TPSA) is 0 Å². The van der Waals surface area contributed by atoms with Crippen molar-refractivity contribution in [3.05, 3.63) is 0 Å². The van der Waals surface area contributed by atoms with Crippen LogP contribution in [0.1, 0.15) is 107 Å². The van der Waals surface area contributed by atoms with E-state index in [1.807, 2.05) is 0 Å². The summed E-state index contributed by atoms with van der Waals surface area (Å²) in [7, 11) is 0. The standard InChI is InChI=1S/C17H36.CH4/c1-7-8-14-17(5,6)15-12-10-9-11-13-16(2,3)4;/h7-15H2,1-6H3;1H4. The van der Waals surface area contributed by atoms with E-state index in [0.717, 1.165) is 0 Å². The minimum absolute atomic E-state index is 0. The molecule has 0 aromatic rings. The molecule has 0 radical (unpaired) electrons. The third-order valence-electron chi connectivity index (χ3n) is 3.74. The Kier molecular flexibility index (Phi) is 11.1. The Labute approximate surface area is 118 Å². The zero-order valence-corrected chi connectivity index (χ0v) is 13.4. The quantitative estimate of drug-likeness (QED) is 0.382. The Morgan fingerprint density at radius 2 is 1.06 bits per heavy atom. The SMILES string of the molecule is C.CCCCC(C)(C)CCCCCCC(C)(C)C. The fraction of sp³-hybridized carbons (Fsp3) is 1.00. The smallest absolute Gasteiger partial charge is 0.0354 e. The van der Waals surface area contributed by atoms with Crippen molar-refractivity contribution in [3.63, 3.8) is 0 Å². The molecule has 0 fully saturated rings. The van der Waals surface area contributed by atoms with Gasteiger partial charge in [0.25, 0.3) is 0 Å². The zero-order chi connectivity index (χ0) is 13.4. The molecular weight excluding hydrogens is 216 g/mol. The van der Waals surface area contributed by atoms with Crippen molar-refractivity contribution >= 4 is 0 Å². The van der Waals surface area contributed by atoms with Crippen molar-refractivity contribution in [1.29, 1.82) is 0 Å². The summed E-state index contributed by atoms with van der Waals surface area (Å²) >= 11 is 0. The molecule has 0 saturated carbocycles. The first kappa shape index (κ1) is 20.3. The van der Waals surface area contributed by atoms with Gasteiger partial charge in [-0.3, -0.25) is 0 Å². The van der Waals surface area contributed by atoms with Gasteiger partial charge in [-0.05, 0) is 30.1 Å². The Morgan fingerprint density at radius 1 is 0.611 bits per heavy atom. The van der Waals surface area contributed by atoms with E-state index in [1.54, 1.807) is 0 Å². The van der Waals surface area contributed by atoms with Crippen molar-refractivity contribution in [1.82, 2.24) is 0 Å². The van der Waals surface area contributed by atoms with Gasteiger partial charge in [0.1, 0.15) is 0 Å². The highest BCUT2D eigenvalue weighted by molar-refractivity contribution is 4.68. The monoisotopic (exact) mass is 256 g/mol. The molecule has 0 aliphatic rings. The summed E-state index contributed by atoms with van der Waals surface area (Å²) in [5.74, 6) is 0. The second-order valence-corrected chi connectivity index (χ2v) is 7.74. The average molecular weight is 257 g/mol. The molecule has 0 spiro atoms. The predicted molar refractivity (Wildman–Crippen MR) is 87.2 cm³/mol. The second kappa shape index (κ2) is 9.87. The number of rotatable bonds is 9. The lowest BCUT2D eigenvalue weighted by Gasteiger charge is -2.24. The van der Waals surface area contributed by atoms with E-state index in [2.05, 4.69) is 41.5 Å². The van der Waals surface area contributed by atoms with Crippen LogP contribution >= 0.6 is 0 Å². The van der Waals surface area contributed by atoms with Crippen LogP contribution in [0, 0.1) is 10.8 Å². The van der Waals surface area contributed by atoms with Crippen LogP contribution in [0.25, 0.3) is 0 Å². The van der Waals surface area contributed by atoms with E-state index in [9.17, 15) is 0 Å². The minimum Gasteiger partial charge on any atom is -0.0776 e. The van der Waals surface area contributed by atoms with Gasteiger partial charge in [0.2, 0.25) is 0 Å². The molecule has 0 aromatic carbocycles. The molecule has 0 atom stereocenters. The van der Waals surface area contributed by atoms with E-state index in [4.69, 9.17) is 0 Å². The first-order chi connectivity index (χ1) is 7.77. The van der Waals surface area contributed by atoms with Crippen molar-refractivity contribution < 1.29 is 0 Å². The predicted octanol–water partition coefficient (Wildman–Crippen LogP) is 7.23. The first-order valence-corrected chi connectivity index (χ1v) is 7.77. The molecule has 0 unspecified atom stereocenters. The van der Waals surface area contributed by atoms with Crippen LogP contribution in [-0.2, 0) is 0 Å². The van der Waals surface area contributed by atoms with Gasteiger partial charge in [-0.2, -0.15) is 0 Å². The van der Waals surface area contributed by atoms with Gasteiger partial charge in [-0.25, -0.2) is 0 Å². The third kappa shape index (κ3) is 14.1. The van der Waals surface area contributed by atoms with Crippen LogP contribution in [0.4, 0.5) is 0 Å². The summed E-state index contributed by atoms with van der Waals surface area (Å²) < 4.78 is 0. The highest BCUT2D eigenvalue weighted by Crippen LogP contribution is 2.30. The molecular formula is C18H40. The number of hydrogen-bond donors (Lipinski definition) is 0. The lowest BCUT2D eigenvalue weighted by molar-refractivity contribution is 0.283. The Balaban J connectivity index is 0. The average Bonchev–Trinajstić information content (AvgIpc) is 2.19. The molecule has 0 N–H and O–H groups in total. The molecule has 18 heavy (non-hydrogen) atoms. The minimum atomic E-state index is 0. The summed E-state index contributed by atoms with van der Waals surface area (Å²) in [6, 6.07) is 0. The van der Waals surface area contributed by atoms with E-state index >= 15 is 0 Å². The summed E-state index contributed by atoms with van der Waals surface area (Å²) in [5, 5.41) is 0. The van der Waals surface area contributed by atoms with Gasteiger partial charge in [0, 0.05) is 0 Å². The van der Waals surface area contributed by atoms with E-state index < -0.39 is 0 Å². The summed E-state index contributed by atoms with van der Waals surface area (Å²) in [6.07, 6.45) is 12.7. The van der Waals surface area contributed by atoms with Crippen LogP contribution in [0.2, 0.25) is 0 Å². The van der Waals surface area contributed by atoms with E-state index in [-0.39, 0.29) is 7.43 Å². The fourth-order valence-electron chi connectivity index (χ4n) is 2.39. The molecule has 112 valence electrons. The Morgan fingerprint density at radius 3 is 1.50 bits per heavy atom. The van der Waals surface area contributed by atoms with Gasteiger partial charge >= 0.3 is 0 Å². The maximum atomic E-state index is 2.44. The normalized spacial score (nSPS) is 12.3. The van der Waals surface area contributed by atoms with Gasteiger partial charge in [0.05, 0.1) is 0 Å².